The molecule has 3 rings (SSSR count). The van der Waals surface area contributed by atoms with Gasteiger partial charge in [0.15, 0.2) is 5.82 Å². The van der Waals surface area contributed by atoms with Crippen molar-refractivity contribution in [3.05, 3.63) is 5.56 Å². The minimum absolute atomic E-state index is 0.162. The lowest BCUT2D eigenvalue weighted by atomic mass is 10.2. The molecule has 7 heteroatoms. The zero-order valence-corrected chi connectivity index (χ0v) is 12.2. The Morgan fingerprint density at radius 2 is 2.24 bits per heavy atom. The van der Waals surface area contributed by atoms with Crippen LogP contribution in [-0.4, -0.2) is 40.6 Å². The number of methoxy groups -OCH3 is 1. The number of ether oxygens (including phenoxy) is 1. The zero-order valence-electron chi connectivity index (χ0n) is 12.2. The van der Waals surface area contributed by atoms with Gasteiger partial charge < -0.3 is 20.9 Å². The standard InChI is InChI=1S/C14H22N4O3/c1-21-14(20)11-12(15)18(9-3-2-4-10(9)19)17-13(11)16-7-8-5-6-8/h8-10,19H,2-7,15H2,1H3,(H,16,17). The monoisotopic (exact) mass is 294 g/mol. The largest absolute Gasteiger partial charge is 0.465 e. The maximum atomic E-state index is 12.0. The van der Waals surface area contributed by atoms with Crippen molar-refractivity contribution in [1.82, 2.24) is 9.78 Å². The summed E-state index contributed by atoms with van der Waals surface area (Å²) in [5.41, 5.74) is 6.37. The molecule has 0 spiro atoms. The van der Waals surface area contributed by atoms with E-state index in [1.54, 1.807) is 4.68 Å². The molecule has 1 heterocycles. The quantitative estimate of drug-likeness (QED) is 0.704. The van der Waals surface area contributed by atoms with Gasteiger partial charge in [-0.1, -0.05) is 0 Å². The summed E-state index contributed by atoms with van der Waals surface area (Å²) in [7, 11) is 1.33. The second-order valence-corrected chi connectivity index (χ2v) is 5.93. The van der Waals surface area contributed by atoms with E-state index >= 15 is 0 Å². The van der Waals surface area contributed by atoms with Crippen LogP contribution < -0.4 is 11.1 Å². The molecule has 2 aliphatic rings. The number of nitrogens with zero attached hydrogens (tertiary/aromatic N) is 2. The highest BCUT2D eigenvalue weighted by Crippen LogP contribution is 2.35. The van der Waals surface area contributed by atoms with Crippen molar-refractivity contribution in [2.45, 2.75) is 44.2 Å². The summed E-state index contributed by atoms with van der Waals surface area (Å²) in [6, 6.07) is -0.162. The molecular formula is C14H22N4O3. The van der Waals surface area contributed by atoms with E-state index in [0.29, 0.717) is 11.7 Å². The van der Waals surface area contributed by atoms with E-state index < -0.39 is 12.1 Å². The third-order valence-corrected chi connectivity index (χ3v) is 4.35. The number of aliphatic hydroxyl groups excluding tert-OH is 1. The molecule has 2 atom stereocenters. The Morgan fingerprint density at radius 3 is 2.81 bits per heavy atom. The van der Waals surface area contributed by atoms with Crippen LogP contribution in [0.5, 0.6) is 0 Å². The summed E-state index contributed by atoms with van der Waals surface area (Å²) in [5.74, 6) is 0.889. The highest BCUT2D eigenvalue weighted by Gasteiger charge is 2.33. The summed E-state index contributed by atoms with van der Waals surface area (Å²) >= 11 is 0. The second-order valence-electron chi connectivity index (χ2n) is 5.93. The maximum absolute atomic E-state index is 12.0. The Morgan fingerprint density at radius 1 is 1.48 bits per heavy atom. The van der Waals surface area contributed by atoms with E-state index in [4.69, 9.17) is 10.5 Å². The van der Waals surface area contributed by atoms with Crippen molar-refractivity contribution in [2.24, 2.45) is 5.92 Å². The van der Waals surface area contributed by atoms with E-state index in [9.17, 15) is 9.90 Å². The average Bonchev–Trinajstić information content (AvgIpc) is 3.13. The number of anilines is 2. The van der Waals surface area contributed by atoms with Crippen LogP contribution in [0.3, 0.4) is 0 Å². The van der Waals surface area contributed by atoms with Gasteiger partial charge in [0.2, 0.25) is 0 Å². The molecule has 2 saturated carbocycles. The predicted octanol–water partition coefficient (Wildman–Crippen LogP) is 1.16. The molecule has 21 heavy (non-hydrogen) atoms. The topological polar surface area (TPSA) is 102 Å². The van der Waals surface area contributed by atoms with Crippen molar-refractivity contribution in [1.29, 1.82) is 0 Å². The number of nitrogen functional groups attached to an aromatic ring is 1. The fourth-order valence-corrected chi connectivity index (χ4v) is 2.90. The molecular weight excluding hydrogens is 272 g/mol. The molecule has 0 amide bonds. The summed E-state index contributed by atoms with van der Waals surface area (Å²) in [6.07, 6.45) is 4.44. The molecule has 2 aliphatic carbocycles. The van der Waals surface area contributed by atoms with Gasteiger partial charge in [0.1, 0.15) is 11.4 Å². The number of rotatable bonds is 5. The van der Waals surface area contributed by atoms with Crippen molar-refractivity contribution < 1.29 is 14.6 Å². The second kappa shape index (κ2) is 5.55. The number of carbonyl (C=O) groups is 1. The molecule has 116 valence electrons. The smallest absolute Gasteiger partial charge is 0.345 e. The zero-order chi connectivity index (χ0) is 15.0. The fraction of sp³-hybridized carbons (Fsp3) is 0.714. The summed E-state index contributed by atoms with van der Waals surface area (Å²) in [6.45, 7) is 0.785. The first-order valence-electron chi connectivity index (χ1n) is 7.50. The van der Waals surface area contributed by atoms with Gasteiger partial charge >= 0.3 is 5.97 Å². The van der Waals surface area contributed by atoms with Crippen LogP contribution >= 0.6 is 0 Å². The number of hydrogen-bond acceptors (Lipinski definition) is 6. The number of carbonyl (C=O) groups excluding carboxylic acids is 1. The highest BCUT2D eigenvalue weighted by atomic mass is 16.5. The predicted molar refractivity (Wildman–Crippen MR) is 78.1 cm³/mol. The number of esters is 1. The van der Waals surface area contributed by atoms with Gasteiger partial charge in [0.05, 0.1) is 19.3 Å². The van der Waals surface area contributed by atoms with Crippen LogP contribution in [-0.2, 0) is 4.74 Å². The van der Waals surface area contributed by atoms with Gasteiger partial charge in [0, 0.05) is 6.54 Å². The van der Waals surface area contributed by atoms with Gasteiger partial charge in [-0.05, 0) is 38.0 Å². The van der Waals surface area contributed by atoms with Gasteiger partial charge in [-0.3, -0.25) is 0 Å². The van der Waals surface area contributed by atoms with Gasteiger partial charge in [-0.2, -0.15) is 5.10 Å². The molecule has 0 bridgehead atoms. The third-order valence-electron chi connectivity index (χ3n) is 4.35. The molecule has 0 aromatic carbocycles. The number of nitrogens with one attached hydrogen (secondary N) is 1. The van der Waals surface area contributed by atoms with Crippen LogP contribution in [0.1, 0.15) is 48.5 Å². The molecule has 2 unspecified atom stereocenters. The van der Waals surface area contributed by atoms with Crippen LogP contribution in [0.2, 0.25) is 0 Å². The first-order valence-corrected chi connectivity index (χ1v) is 7.50. The Labute approximate surface area is 123 Å². The highest BCUT2D eigenvalue weighted by molar-refractivity contribution is 5.99. The summed E-state index contributed by atoms with van der Waals surface area (Å²) in [4.78, 5) is 12.0. The van der Waals surface area contributed by atoms with Crippen molar-refractivity contribution in [3.8, 4) is 0 Å². The number of hydrogen-bond donors (Lipinski definition) is 3. The molecule has 2 fully saturated rings. The minimum atomic E-state index is -0.496. The summed E-state index contributed by atoms with van der Waals surface area (Å²) in [5, 5.41) is 17.7. The molecule has 0 aliphatic heterocycles. The van der Waals surface area contributed by atoms with Gasteiger partial charge in [-0.15, -0.1) is 0 Å². The van der Waals surface area contributed by atoms with Crippen molar-refractivity contribution in [2.75, 3.05) is 24.7 Å². The number of nitrogens with two attached hydrogens (primary N) is 1. The SMILES string of the molecule is COC(=O)c1c(NCC2CC2)nn(C2CCCC2O)c1N. The fourth-order valence-electron chi connectivity index (χ4n) is 2.90. The van der Waals surface area contributed by atoms with E-state index in [1.807, 2.05) is 0 Å². The van der Waals surface area contributed by atoms with Crippen molar-refractivity contribution >= 4 is 17.6 Å². The lowest BCUT2D eigenvalue weighted by molar-refractivity contribution is 0.0602. The van der Waals surface area contributed by atoms with Crippen LogP contribution in [0.15, 0.2) is 0 Å². The Bertz CT molecular complexity index is 539. The molecule has 7 nitrogen and oxygen atoms in total. The van der Waals surface area contributed by atoms with Crippen LogP contribution in [0.4, 0.5) is 11.6 Å². The average molecular weight is 294 g/mol. The molecule has 4 N–H and O–H groups in total. The van der Waals surface area contributed by atoms with Crippen LogP contribution in [0, 0.1) is 5.92 Å². The minimum Gasteiger partial charge on any atom is -0.465 e. The molecule has 1 aromatic rings. The lowest BCUT2D eigenvalue weighted by Gasteiger charge is -2.16. The summed E-state index contributed by atoms with van der Waals surface area (Å²) < 4.78 is 6.39. The Balaban J connectivity index is 1.90. The third kappa shape index (κ3) is 2.70. The van der Waals surface area contributed by atoms with Crippen LogP contribution in [0.25, 0.3) is 0 Å². The van der Waals surface area contributed by atoms with E-state index in [2.05, 4.69) is 10.4 Å². The number of aromatic nitrogens is 2. The molecule has 1 aromatic heterocycles. The van der Waals surface area contributed by atoms with Gasteiger partial charge in [-0.25, -0.2) is 9.48 Å². The number of aliphatic hydroxyl groups is 1. The van der Waals surface area contributed by atoms with E-state index in [-0.39, 0.29) is 17.4 Å². The maximum Gasteiger partial charge on any atom is 0.345 e. The normalized spacial score (nSPS) is 25.0. The Hall–Kier alpha value is -1.76. The first kappa shape index (κ1) is 14.2. The van der Waals surface area contributed by atoms with Crippen molar-refractivity contribution in [3.63, 3.8) is 0 Å². The van der Waals surface area contributed by atoms with E-state index in [1.165, 1.54) is 20.0 Å². The lowest BCUT2D eigenvalue weighted by Crippen LogP contribution is -2.21. The Kier molecular flexibility index (Phi) is 3.75. The molecule has 0 radical (unpaired) electrons. The van der Waals surface area contributed by atoms with Gasteiger partial charge in [0.25, 0.3) is 0 Å². The molecule has 0 saturated heterocycles. The van der Waals surface area contributed by atoms with E-state index in [0.717, 1.165) is 25.8 Å². The first-order chi connectivity index (χ1) is 10.1.